The minimum Gasteiger partial charge on any atom is -0.350 e. The van der Waals surface area contributed by atoms with Gasteiger partial charge in [0.05, 0.1) is 5.75 Å². The Bertz CT molecular complexity index is 841. The van der Waals surface area contributed by atoms with Crippen LogP contribution in [0.3, 0.4) is 0 Å². The first-order chi connectivity index (χ1) is 10.9. The Hall–Kier alpha value is -1.86. The highest BCUT2D eigenvalue weighted by molar-refractivity contribution is 7.89. The highest BCUT2D eigenvalue weighted by Gasteiger charge is 2.31. The second-order valence-electron chi connectivity index (χ2n) is 6.11. The highest BCUT2D eigenvalue weighted by atomic mass is 32.2. The molecular weight excluding hydrogens is 314 g/mol. The molecule has 1 aromatic carbocycles. The van der Waals surface area contributed by atoms with Gasteiger partial charge in [-0.1, -0.05) is 25.1 Å². The van der Waals surface area contributed by atoms with Gasteiger partial charge in [0.2, 0.25) is 10.0 Å². The molecule has 0 saturated carbocycles. The Morgan fingerprint density at radius 3 is 2.83 bits per heavy atom. The number of aromatic nitrogens is 1. The second kappa shape index (κ2) is 5.98. The van der Waals surface area contributed by atoms with Crippen LogP contribution >= 0.6 is 0 Å². The van der Waals surface area contributed by atoms with E-state index in [4.69, 9.17) is 5.14 Å². The third-order valence-electron chi connectivity index (χ3n) is 4.42. The zero-order valence-corrected chi connectivity index (χ0v) is 13.9. The van der Waals surface area contributed by atoms with Crippen molar-refractivity contribution in [2.24, 2.45) is 11.1 Å². The summed E-state index contributed by atoms with van der Waals surface area (Å²) in [5.41, 5.74) is 2.58. The highest BCUT2D eigenvalue weighted by Crippen LogP contribution is 2.26. The molecule has 0 bridgehead atoms. The summed E-state index contributed by atoms with van der Waals surface area (Å²) in [6, 6.07) is 7.86. The van der Waals surface area contributed by atoms with Crippen LogP contribution in [0.2, 0.25) is 0 Å². The van der Waals surface area contributed by atoms with Crippen LogP contribution in [0.4, 0.5) is 0 Å². The van der Waals surface area contributed by atoms with Crippen molar-refractivity contribution in [1.29, 1.82) is 0 Å². The van der Waals surface area contributed by atoms with Gasteiger partial charge in [-0.3, -0.25) is 4.79 Å². The fourth-order valence-corrected chi connectivity index (χ4v) is 4.32. The zero-order valence-electron chi connectivity index (χ0n) is 13.1. The zero-order chi connectivity index (χ0) is 16.6. The molecule has 2 aromatic rings. The first-order valence-corrected chi connectivity index (χ1v) is 9.50. The van der Waals surface area contributed by atoms with Gasteiger partial charge in [-0.05, 0) is 30.4 Å². The summed E-state index contributed by atoms with van der Waals surface area (Å²) in [5.74, 6) is -0.206. The molecule has 1 atom stereocenters. The van der Waals surface area contributed by atoms with Crippen molar-refractivity contribution in [1.82, 2.24) is 9.88 Å². The van der Waals surface area contributed by atoms with Gasteiger partial charge >= 0.3 is 0 Å². The minimum absolute atomic E-state index is 0.0602. The van der Waals surface area contributed by atoms with Crippen LogP contribution in [0.5, 0.6) is 0 Å². The number of nitrogens with zero attached hydrogens (tertiary/aromatic N) is 1. The molecule has 1 aliphatic heterocycles. The summed E-state index contributed by atoms with van der Waals surface area (Å²) in [6.07, 6.45) is 1.43. The molecule has 0 aliphatic carbocycles. The lowest BCUT2D eigenvalue weighted by Crippen LogP contribution is -2.31. The van der Waals surface area contributed by atoms with E-state index in [0.717, 1.165) is 22.9 Å². The number of aryl methyl sites for hydroxylation is 1. The van der Waals surface area contributed by atoms with Crippen molar-refractivity contribution < 1.29 is 13.2 Å². The normalized spacial score (nSPS) is 18.7. The summed E-state index contributed by atoms with van der Waals surface area (Å²) in [6.45, 7) is 3.03. The van der Waals surface area contributed by atoms with Crippen molar-refractivity contribution >= 4 is 26.8 Å². The Balaban J connectivity index is 1.84. The van der Waals surface area contributed by atoms with E-state index >= 15 is 0 Å². The number of fused-ring (bicyclic) bond motifs is 1. The van der Waals surface area contributed by atoms with Crippen LogP contribution in [-0.4, -0.2) is 43.1 Å². The van der Waals surface area contributed by atoms with E-state index in [0.29, 0.717) is 25.2 Å². The molecule has 6 nitrogen and oxygen atoms in total. The SMILES string of the molecule is CCc1c(C(=O)N2CC[C@H](CS(N)(=O)=O)C2)[nH]c2ccccc12. The lowest BCUT2D eigenvalue weighted by Gasteiger charge is -2.16. The Morgan fingerprint density at radius 1 is 1.39 bits per heavy atom. The fourth-order valence-electron chi connectivity index (χ4n) is 3.39. The third-order valence-corrected chi connectivity index (χ3v) is 5.36. The lowest BCUT2D eigenvalue weighted by atomic mass is 10.1. The molecule has 1 saturated heterocycles. The number of H-pyrrole nitrogens is 1. The first-order valence-electron chi connectivity index (χ1n) is 7.78. The summed E-state index contributed by atoms with van der Waals surface area (Å²) in [5, 5.41) is 6.18. The number of carbonyl (C=O) groups is 1. The van der Waals surface area contributed by atoms with Crippen LogP contribution in [0.25, 0.3) is 10.9 Å². The van der Waals surface area contributed by atoms with Crippen LogP contribution in [-0.2, 0) is 16.4 Å². The van der Waals surface area contributed by atoms with Crippen LogP contribution in [0, 0.1) is 5.92 Å². The molecule has 1 fully saturated rings. The van der Waals surface area contributed by atoms with Crippen molar-refractivity contribution in [2.45, 2.75) is 19.8 Å². The third kappa shape index (κ3) is 3.25. The minimum atomic E-state index is -3.50. The van der Waals surface area contributed by atoms with Crippen LogP contribution in [0.15, 0.2) is 24.3 Å². The number of hydrogen-bond acceptors (Lipinski definition) is 3. The summed E-state index contributed by atoms with van der Waals surface area (Å²) in [7, 11) is -3.50. The molecule has 1 aromatic heterocycles. The number of sulfonamides is 1. The van der Waals surface area contributed by atoms with Gasteiger partial charge in [0.15, 0.2) is 0 Å². The number of nitrogens with one attached hydrogen (secondary N) is 1. The molecule has 2 heterocycles. The van der Waals surface area contributed by atoms with Crippen molar-refractivity contribution in [2.75, 3.05) is 18.8 Å². The number of hydrogen-bond donors (Lipinski definition) is 2. The molecule has 7 heteroatoms. The molecule has 1 aliphatic rings. The number of aromatic amines is 1. The van der Waals surface area contributed by atoms with E-state index in [1.165, 1.54) is 0 Å². The monoisotopic (exact) mass is 335 g/mol. The number of amides is 1. The number of likely N-dealkylation sites (tertiary alicyclic amines) is 1. The standard InChI is InChI=1S/C16H21N3O3S/c1-2-12-13-5-3-4-6-14(13)18-15(12)16(20)19-8-7-11(9-19)10-23(17,21)22/h3-6,11,18H,2,7-10H2,1H3,(H2,17,21,22)/t11-/m0/s1. The van der Waals surface area contributed by atoms with Gasteiger partial charge in [0.1, 0.15) is 5.69 Å². The van der Waals surface area contributed by atoms with E-state index in [9.17, 15) is 13.2 Å². The number of benzene rings is 1. The smallest absolute Gasteiger partial charge is 0.270 e. The van der Waals surface area contributed by atoms with E-state index in [1.807, 2.05) is 31.2 Å². The van der Waals surface area contributed by atoms with E-state index in [2.05, 4.69) is 4.98 Å². The molecule has 23 heavy (non-hydrogen) atoms. The fraction of sp³-hybridized carbons (Fsp3) is 0.438. The topological polar surface area (TPSA) is 96.3 Å². The van der Waals surface area contributed by atoms with Crippen LogP contribution < -0.4 is 5.14 Å². The van der Waals surface area contributed by atoms with Gasteiger partial charge in [-0.25, -0.2) is 13.6 Å². The molecule has 0 unspecified atom stereocenters. The molecule has 0 radical (unpaired) electrons. The molecule has 3 rings (SSSR count). The Labute approximate surface area is 135 Å². The van der Waals surface area contributed by atoms with E-state index in [1.54, 1.807) is 4.90 Å². The van der Waals surface area contributed by atoms with E-state index in [-0.39, 0.29) is 17.6 Å². The molecule has 3 N–H and O–H groups in total. The maximum Gasteiger partial charge on any atom is 0.270 e. The quantitative estimate of drug-likeness (QED) is 0.886. The molecule has 124 valence electrons. The number of primary sulfonamides is 1. The van der Waals surface area contributed by atoms with Crippen molar-refractivity contribution in [3.8, 4) is 0 Å². The van der Waals surface area contributed by atoms with Gasteiger partial charge in [0.25, 0.3) is 5.91 Å². The maximum absolute atomic E-state index is 12.8. The summed E-state index contributed by atoms with van der Waals surface area (Å²) >= 11 is 0. The second-order valence-corrected chi connectivity index (χ2v) is 7.77. The molecule has 0 spiro atoms. The van der Waals surface area contributed by atoms with Gasteiger partial charge in [-0.15, -0.1) is 0 Å². The van der Waals surface area contributed by atoms with Crippen molar-refractivity contribution in [3.05, 3.63) is 35.5 Å². The predicted octanol–water partition coefficient (Wildman–Crippen LogP) is 1.48. The number of rotatable bonds is 4. The summed E-state index contributed by atoms with van der Waals surface area (Å²) in [4.78, 5) is 17.8. The maximum atomic E-state index is 12.8. The number of carbonyl (C=O) groups excluding carboxylic acids is 1. The van der Waals surface area contributed by atoms with Gasteiger partial charge < -0.3 is 9.88 Å². The van der Waals surface area contributed by atoms with Gasteiger partial charge in [-0.2, -0.15) is 0 Å². The number of para-hydroxylation sites is 1. The molecular formula is C16H21N3O3S. The predicted molar refractivity (Wildman–Crippen MR) is 89.7 cm³/mol. The Kier molecular flexibility index (Phi) is 4.16. The Morgan fingerprint density at radius 2 is 2.13 bits per heavy atom. The van der Waals surface area contributed by atoms with Crippen molar-refractivity contribution in [3.63, 3.8) is 0 Å². The molecule has 1 amide bonds. The van der Waals surface area contributed by atoms with Gasteiger partial charge in [0, 0.05) is 24.0 Å². The lowest BCUT2D eigenvalue weighted by molar-refractivity contribution is 0.0782. The average Bonchev–Trinajstić information content (AvgIpc) is 3.08. The van der Waals surface area contributed by atoms with Crippen LogP contribution in [0.1, 0.15) is 29.4 Å². The summed E-state index contributed by atoms with van der Waals surface area (Å²) < 4.78 is 22.4. The largest absolute Gasteiger partial charge is 0.350 e. The van der Waals surface area contributed by atoms with E-state index < -0.39 is 10.0 Å². The first kappa shape index (κ1) is 16.0. The number of nitrogens with two attached hydrogens (primary N) is 1. The average molecular weight is 335 g/mol.